The topological polar surface area (TPSA) is 227 Å². The lowest BCUT2D eigenvalue weighted by Gasteiger charge is -2.24. The highest BCUT2D eigenvalue weighted by Crippen LogP contribution is 2.32. The van der Waals surface area contributed by atoms with Crippen LogP contribution in [0.25, 0.3) is 0 Å². The number of hydrogen-bond acceptors (Lipinski definition) is 16. The van der Waals surface area contributed by atoms with Gasteiger partial charge in [-0.25, -0.2) is 9.59 Å². The number of amides is 2. The largest absolute Gasteiger partial charge is 0.481 e. The number of thioether (sulfide) groups is 2. The SMILES string of the molecule is C#CCOc1cc([C@@H](CCC)NC(=O)[C@]2(C)CSC(/C(C)=N/O)=N2)oc(=O)c1.C#CCOc1cc([C@@H](CCC)NC(=O)[C@]2(C)CSC(/C(C)=N\O)=N2)oc(=O)c1. The van der Waals surface area contributed by atoms with Gasteiger partial charge in [0.1, 0.15) is 68.8 Å². The minimum Gasteiger partial charge on any atom is -0.481 e. The highest BCUT2D eigenvalue weighted by atomic mass is 32.2. The van der Waals surface area contributed by atoms with E-state index in [0.29, 0.717) is 57.4 Å². The number of hydrogen-bond donors (Lipinski definition) is 4. The van der Waals surface area contributed by atoms with Crippen LogP contribution in [-0.2, 0) is 9.59 Å². The van der Waals surface area contributed by atoms with Gasteiger partial charge in [-0.05, 0) is 40.5 Å². The van der Waals surface area contributed by atoms with Crippen LogP contribution in [0.3, 0.4) is 0 Å². The van der Waals surface area contributed by atoms with E-state index in [1.807, 2.05) is 13.8 Å². The number of nitrogens with one attached hydrogen (secondary N) is 2. The van der Waals surface area contributed by atoms with E-state index in [0.717, 1.165) is 12.8 Å². The number of ether oxygens (including phenoxy) is 2. The summed E-state index contributed by atoms with van der Waals surface area (Å²) in [6.07, 6.45) is 13.0. The normalized spacial score (nSPS) is 20.2. The molecule has 0 aromatic carbocycles. The second-order valence-corrected chi connectivity index (χ2v) is 14.9. The molecule has 2 aliphatic rings. The summed E-state index contributed by atoms with van der Waals surface area (Å²) in [6.45, 7) is 10.6. The average molecular weight is 811 g/mol. The molecule has 4 N–H and O–H groups in total. The second kappa shape index (κ2) is 21.0. The summed E-state index contributed by atoms with van der Waals surface area (Å²) < 4.78 is 21.2. The Hall–Kier alpha value is -5.46. The third-order valence-electron chi connectivity index (χ3n) is 8.20. The molecule has 16 nitrogen and oxygen atoms in total. The number of oxime groups is 2. The van der Waals surface area contributed by atoms with Crippen LogP contribution in [-0.4, -0.2) is 79.5 Å². The third kappa shape index (κ3) is 12.3. The van der Waals surface area contributed by atoms with E-state index in [2.05, 4.69) is 42.8 Å². The number of rotatable bonds is 16. The zero-order chi connectivity index (χ0) is 41.5. The van der Waals surface area contributed by atoms with Crippen molar-refractivity contribution in [3.05, 3.63) is 56.6 Å². The third-order valence-corrected chi connectivity index (χ3v) is 10.9. The number of aliphatic imine (C=N–C) groups is 2. The summed E-state index contributed by atoms with van der Waals surface area (Å²) in [6, 6.07) is 4.48. The summed E-state index contributed by atoms with van der Waals surface area (Å²) in [7, 11) is 0. The Balaban J connectivity index is 0.000000300. The Kier molecular flexibility index (Phi) is 16.9. The van der Waals surface area contributed by atoms with E-state index in [1.54, 1.807) is 39.8 Å². The van der Waals surface area contributed by atoms with Gasteiger partial charge in [0, 0.05) is 23.6 Å². The summed E-state index contributed by atoms with van der Waals surface area (Å²) in [4.78, 5) is 58.4. The number of terminal acetylenes is 2. The van der Waals surface area contributed by atoms with Crippen LogP contribution >= 0.6 is 23.5 Å². The first-order valence-electron chi connectivity index (χ1n) is 17.5. The Morgan fingerprint density at radius 1 is 0.804 bits per heavy atom. The summed E-state index contributed by atoms with van der Waals surface area (Å²) >= 11 is 2.69. The lowest BCUT2D eigenvalue weighted by Crippen LogP contribution is -2.45. The molecule has 0 fully saturated rings. The van der Waals surface area contributed by atoms with Gasteiger partial charge in [-0.2, -0.15) is 0 Å². The first-order valence-corrected chi connectivity index (χ1v) is 19.5. The first-order chi connectivity index (χ1) is 26.6. The van der Waals surface area contributed by atoms with Gasteiger partial charge in [-0.1, -0.05) is 48.8 Å². The number of carbonyl (C=O) groups is 2. The van der Waals surface area contributed by atoms with Gasteiger partial charge in [-0.15, -0.1) is 36.4 Å². The van der Waals surface area contributed by atoms with Crippen molar-refractivity contribution in [2.75, 3.05) is 24.7 Å². The summed E-state index contributed by atoms with van der Waals surface area (Å²) in [5, 5.41) is 30.9. The van der Waals surface area contributed by atoms with Crippen LogP contribution in [0.4, 0.5) is 0 Å². The molecule has 2 amide bonds. The number of carbonyl (C=O) groups excluding carboxylic acids is 2. The molecule has 18 heteroatoms. The van der Waals surface area contributed by atoms with Gasteiger partial charge < -0.3 is 39.4 Å². The molecule has 56 heavy (non-hydrogen) atoms. The van der Waals surface area contributed by atoms with Gasteiger partial charge >= 0.3 is 11.3 Å². The standard InChI is InChI=1S/2C19H23N3O5S/c2*1-5-7-14(15-9-13(26-8-6-2)10-16(23)27-15)20-18(24)19(4)11-28-17(21-19)12(3)22-25/h2*2,9-10,14,25H,5,7-8,11H2,1,3-4H3,(H,20,24)/b22-12+;22-12-/t2*14-,19+/m11/s1. The van der Waals surface area contributed by atoms with Crippen LogP contribution in [0.2, 0.25) is 0 Å². The molecule has 0 unspecified atom stereocenters. The summed E-state index contributed by atoms with van der Waals surface area (Å²) in [5.41, 5.74) is -2.49. The molecule has 2 aromatic heterocycles. The summed E-state index contributed by atoms with van der Waals surface area (Å²) in [5.74, 6) is 6.04. The smallest absolute Gasteiger partial charge is 0.339 e. The maximum atomic E-state index is 12.9. The quantitative estimate of drug-likeness (QED) is 0.0782. The molecule has 2 aromatic rings. The van der Waals surface area contributed by atoms with Gasteiger partial charge in [0.15, 0.2) is 0 Å². The Bertz CT molecular complexity index is 1920. The van der Waals surface area contributed by atoms with Gasteiger partial charge in [0.25, 0.3) is 0 Å². The average Bonchev–Trinajstić information content (AvgIpc) is 3.79. The van der Waals surface area contributed by atoms with Crippen LogP contribution in [0.5, 0.6) is 11.5 Å². The van der Waals surface area contributed by atoms with E-state index in [-0.39, 0.29) is 36.5 Å². The molecule has 4 heterocycles. The molecular weight excluding hydrogens is 765 g/mol. The van der Waals surface area contributed by atoms with Crippen LogP contribution < -0.4 is 31.4 Å². The second-order valence-electron chi connectivity index (χ2n) is 13.0. The molecule has 4 atom stereocenters. The van der Waals surface area contributed by atoms with Crippen molar-refractivity contribution in [3.8, 4) is 36.2 Å². The van der Waals surface area contributed by atoms with Crippen LogP contribution in [0.1, 0.15) is 90.8 Å². The molecule has 300 valence electrons. The van der Waals surface area contributed by atoms with Gasteiger partial charge in [0.05, 0.1) is 24.2 Å². The lowest BCUT2D eigenvalue weighted by molar-refractivity contribution is -0.126. The van der Waals surface area contributed by atoms with E-state index in [9.17, 15) is 19.2 Å². The Morgan fingerprint density at radius 2 is 1.18 bits per heavy atom. The zero-order valence-corrected chi connectivity index (χ0v) is 33.7. The Labute approximate surface area is 333 Å². The van der Waals surface area contributed by atoms with Crippen molar-refractivity contribution in [1.29, 1.82) is 0 Å². The van der Waals surface area contributed by atoms with Gasteiger partial charge in [0.2, 0.25) is 11.8 Å². The van der Waals surface area contributed by atoms with Crippen molar-refractivity contribution in [2.24, 2.45) is 20.3 Å². The maximum absolute atomic E-state index is 12.9. The predicted octanol–water partition coefficient (Wildman–Crippen LogP) is 4.73. The fourth-order valence-corrected chi connectivity index (χ4v) is 7.42. The van der Waals surface area contributed by atoms with Crippen LogP contribution in [0.15, 0.2) is 63.0 Å². The molecule has 0 saturated carbocycles. The monoisotopic (exact) mass is 810 g/mol. The fraction of sp³-hybridized carbons (Fsp3) is 0.474. The molecule has 0 radical (unpaired) electrons. The number of nitrogens with zero attached hydrogens (tertiary/aromatic N) is 4. The predicted molar refractivity (Wildman–Crippen MR) is 217 cm³/mol. The molecule has 0 bridgehead atoms. The zero-order valence-electron chi connectivity index (χ0n) is 32.0. The fourth-order valence-electron chi connectivity index (χ4n) is 5.17. The van der Waals surface area contributed by atoms with E-state index in [1.165, 1.54) is 35.7 Å². The molecular formula is C38H46N6O10S2. The first kappa shape index (κ1) is 44.9. The molecule has 2 aliphatic heterocycles. The highest BCUT2D eigenvalue weighted by Gasteiger charge is 2.41. The van der Waals surface area contributed by atoms with Crippen molar-refractivity contribution < 1.29 is 38.3 Å². The minimum absolute atomic E-state index is 0.0201. The van der Waals surface area contributed by atoms with Crippen molar-refractivity contribution >= 4 is 56.8 Å². The lowest BCUT2D eigenvalue weighted by atomic mass is 10.0. The van der Waals surface area contributed by atoms with E-state index < -0.39 is 34.4 Å². The molecule has 4 rings (SSSR count). The Morgan fingerprint density at radius 3 is 1.50 bits per heavy atom. The van der Waals surface area contributed by atoms with E-state index in [4.69, 9.17) is 41.6 Å². The molecule has 0 saturated heterocycles. The van der Waals surface area contributed by atoms with Crippen molar-refractivity contribution in [2.45, 2.75) is 90.4 Å². The van der Waals surface area contributed by atoms with Crippen molar-refractivity contribution in [1.82, 2.24) is 10.6 Å². The van der Waals surface area contributed by atoms with Crippen molar-refractivity contribution in [3.63, 3.8) is 0 Å². The van der Waals surface area contributed by atoms with Crippen LogP contribution in [0, 0.1) is 24.7 Å². The van der Waals surface area contributed by atoms with Gasteiger partial charge in [-0.3, -0.25) is 19.6 Å². The van der Waals surface area contributed by atoms with E-state index >= 15 is 0 Å². The molecule has 0 aliphatic carbocycles. The minimum atomic E-state index is -1.02. The maximum Gasteiger partial charge on any atom is 0.339 e. The molecule has 0 spiro atoms. The highest BCUT2D eigenvalue weighted by molar-refractivity contribution is 8.16.